The largest absolute Gasteiger partial charge is 0.312 e. The highest BCUT2D eigenvalue weighted by atomic mass is 16.7. The third-order valence-corrected chi connectivity index (χ3v) is 3.36. The van der Waals surface area contributed by atoms with Crippen LogP contribution in [0, 0.1) is 0 Å². The van der Waals surface area contributed by atoms with Gasteiger partial charge in [0, 0.05) is 25.1 Å². The van der Waals surface area contributed by atoms with Crippen molar-refractivity contribution in [3.63, 3.8) is 0 Å². The van der Waals surface area contributed by atoms with Gasteiger partial charge in [0.05, 0.1) is 0 Å². The van der Waals surface area contributed by atoms with Crippen LogP contribution in [0.4, 0.5) is 0 Å². The van der Waals surface area contributed by atoms with Crippen molar-refractivity contribution in [3.8, 4) is 0 Å². The van der Waals surface area contributed by atoms with Gasteiger partial charge < -0.3 is 5.32 Å². The van der Waals surface area contributed by atoms with E-state index in [9.17, 15) is 0 Å². The molecular formula is C17H19N3O. The van der Waals surface area contributed by atoms with Crippen molar-refractivity contribution in [2.24, 2.45) is 4.99 Å². The minimum absolute atomic E-state index is 0.227. The molecule has 2 aromatic carbocycles. The Hall–Kier alpha value is -2.17. The number of hydroxylamine groups is 1. The van der Waals surface area contributed by atoms with E-state index < -0.39 is 0 Å². The summed E-state index contributed by atoms with van der Waals surface area (Å²) in [7, 11) is 0. The van der Waals surface area contributed by atoms with E-state index in [2.05, 4.69) is 40.1 Å². The van der Waals surface area contributed by atoms with Gasteiger partial charge in [-0.3, -0.25) is 5.48 Å². The Morgan fingerprint density at radius 3 is 2.48 bits per heavy atom. The molecule has 0 aromatic heterocycles. The molecule has 1 atom stereocenters. The number of benzene rings is 2. The molecule has 1 heterocycles. The molecule has 0 saturated carbocycles. The van der Waals surface area contributed by atoms with E-state index in [1.807, 2.05) is 36.4 Å². The molecule has 0 radical (unpaired) electrons. The second kappa shape index (κ2) is 7.02. The van der Waals surface area contributed by atoms with Crippen molar-refractivity contribution in [2.75, 3.05) is 6.54 Å². The first-order valence-electron chi connectivity index (χ1n) is 7.20. The normalized spacial score (nSPS) is 17.3. The molecule has 0 spiro atoms. The first-order chi connectivity index (χ1) is 10.4. The van der Waals surface area contributed by atoms with E-state index in [-0.39, 0.29) is 6.23 Å². The number of nitrogens with zero attached hydrogens (tertiary/aromatic N) is 1. The van der Waals surface area contributed by atoms with Crippen LogP contribution in [0.1, 0.15) is 23.8 Å². The van der Waals surface area contributed by atoms with Crippen molar-refractivity contribution in [1.82, 2.24) is 10.8 Å². The van der Waals surface area contributed by atoms with Crippen LogP contribution < -0.4 is 10.8 Å². The van der Waals surface area contributed by atoms with Crippen LogP contribution in [-0.4, -0.2) is 12.4 Å². The molecule has 21 heavy (non-hydrogen) atoms. The molecule has 0 fully saturated rings. The molecule has 4 nitrogen and oxygen atoms in total. The lowest BCUT2D eigenvalue weighted by molar-refractivity contribution is 0.0370. The molecule has 2 N–H and O–H groups in total. The molecular weight excluding hydrogens is 262 g/mol. The Morgan fingerprint density at radius 1 is 1.00 bits per heavy atom. The van der Waals surface area contributed by atoms with Crippen molar-refractivity contribution in [2.45, 2.75) is 19.2 Å². The van der Waals surface area contributed by atoms with E-state index in [4.69, 9.17) is 4.84 Å². The zero-order valence-electron chi connectivity index (χ0n) is 11.8. The van der Waals surface area contributed by atoms with Crippen LogP contribution in [0.5, 0.6) is 0 Å². The Bertz CT molecular complexity index is 583. The molecule has 1 unspecified atom stereocenters. The highest BCUT2D eigenvalue weighted by Gasteiger charge is 2.18. The van der Waals surface area contributed by atoms with Crippen molar-refractivity contribution in [1.29, 1.82) is 0 Å². The minimum Gasteiger partial charge on any atom is -0.312 e. The molecule has 4 heteroatoms. The highest BCUT2D eigenvalue weighted by molar-refractivity contribution is 5.82. The maximum absolute atomic E-state index is 5.49. The van der Waals surface area contributed by atoms with E-state index in [1.54, 1.807) is 0 Å². The Kier molecular flexibility index (Phi) is 4.61. The van der Waals surface area contributed by atoms with Gasteiger partial charge in [0.15, 0.2) is 0 Å². The summed E-state index contributed by atoms with van der Waals surface area (Å²) in [5, 5.41) is 3.41. The summed E-state index contributed by atoms with van der Waals surface area (Å²) in [6.07, 6.45) is 0.603. The monoisotopic (exact) mass is 281 g/mol. The molecule has 1 aliphatic rings. The third-order valence-electron chi connectivity index (χ3n) is 3.36. The Labute approximate surface area is 124 Å². The van der Waals surface area contributed by atoms with Crippen molar-refractivity contribution >= 4 is 5.84 Å². The first kappa shape index (κ1) is 13.8. The highest BCUT2D eigenvalue weighted by Crippen LogP contribution is 2.21. The van der Waals surface area contributed by atoms with Gasteiger partial charge in [0.2, 0.25) is 6.23 Å². The molecule has 1 aliphatic heterocycles. The average Bonchev–Trinajstić information content (AvgIpc) is 3.02. The predicted octanol–water partition coefficient (Wildman–Crippen LogP) is 2.80. The maximum atomic E-state index is 5.49. The summed E-state index contributed by atoms with van der Waals surface area (Å²) in [5.74, 6) is 0.893. The van der Waals surface area contributed by atoms with Crippen molar-refractivity contribution in [3.05, 3.63) is 71.8 Å². The van der Waals surface area contributed by atoms with Crippen LogP contribution in [0.25, 0.3) is 0 Å². The predicted molar refractivity (Wildman–Crippen MR) is 83.6 cm³/mol. The molecule has 108 valence electrons. The zero-order valence-corrected chi connectivity index (χ0v) is 11.8. The molecule has 0 aliphatic carbocycles. The first-order valence-corrected chi connectivity index (χ1v) is 7.20. The van der Waals surface area contributed by atoms with Crippen LogP contribution in [0.3, 0.4) is 0 Å². The third kappa shape index (κ3) is 3.90. The Balaban J connectivity index is 1.44. The van der Waals surface area contributed by atoms with Crippen LogP contribution in [0.15, 0.2) is 65.7 Å². The summed E-state index contributed by atoms with van der Waals surface area (Å²) < 4.78 is 0. The molecule has 2 aromatic rings. The van der Waals surface area contributed by atoms with Crippen molar-refractivity contribution < 1.29 is 4.84 Å². The molecule has 0 bridgehead atoms. The Morgan fingerprint density at radius 2 is 1.71 bits per heavy atom. The van der Waals surface area contributed by atoms with Gasteiger partial charge in [-0.1, -0.05) is 60.7 Å². The maximum Gasteiger partial charge on any atom is 0.202 e. The number of amidine groups is 1. The van der Waals surface area contributed by atoms with Gasteiger partial charge in [0.1, 0.15) is 5.84 Å². The fourth-order valence-corrected chi connectivity index (χ4v) is 2.23. The molecule has 3 rings (SSSR count). The van der Waals surface area contributed by atoms with Gasteiger partial charge >= 0.3 is 0 Å². The second-order valence-corrected chi connectivity index (χ2v) is 4.97. The SMILES string of the molecule is c1ccc(CNCCC2=NC(c3ccccc3)ON2)cc1. The summed E-state index contributed by atoms with van der Waals surface area (Å²) in [4.78, 5) is 10.0. The van der Waals surface area contributed by atoms with Crippen LogP contribution in [-0.2, 0) is 11.4 Å². The van der Waals surface area contributed by atoms with E-state index >= 15 is 0 Å². The number of hydrogen-bond acceptors (Lipinski definition) is 4. The zero-order chi connectivity index (χ0) is 14.3. The van der Waals surface area contributed by atoms with E-state index in [1.165, 1.54) is 5.56 Å². The summed E-state index contributed by atoms with van der Waals surface area (Å²) >= 11 is 0. The van der Waals surface area contributed by atoms with Crippen LogP contribution >= 0.6 is 0 Å². The summed E-state index contributed by atoms with van der Waals surface area (Å²) in [6.45, 7) is 1.74. The van der Waals surface area contributed by atoms with Crippen LogP contribution in [0.2, 0.25) is 0 Å². The standard InChI is InChI=1S/C17H19N3O/c1-3-7-14(8-4-1)13-18-12-11-16-19-17(21-20-16)15-9-5-2-6-10-15/h1-10,17-18H,11-13H2,(H,19,20). The lowest BCUT2D eigenvalue weighted by Crippen LogP contribution is -2.23. The smallest absolute Gasteiger partial charge is 0.202 e. The molecule has 0 saturated heterocycles. The van der Waals surface area contributed by atoms with Gasteiger partial charge in [-0.15, -0.1) is 0 Å². The fourth-order valence-electron chi connectivity index (χ4n) is 2.23. The number of rotatable bonds is 6. The van der Waals surface area contributed by atoms with Gasteiger partial charge in [0.25, 0.3) is 0 Å². The number of hydrogen-bond donors (Lipinski definition) is 2. The summed E-state index contributed by atoms with van der Waals surface area (Å²) in [5.41, 5.74) is 5.27. The lowest BCUT2D eigenvalue weighted by atomic mass is 10.2. The quantitative estimate of drug-likeness (QED) is 0.800. The fraction of sp³-hybridized carbons (Fsp3) is 0.235. The summed E-state index contributed by atoms with van der Waals surface area (Å²) in [6, 6.07) is 20.4. The second-order valence-electron chi connectivity index (χ2n) is 4.97. The van der Waals surface area contributed by atoms with E-state index in [0.717, 1.165) is 30.9 Å². The molecule has 0 amide bonds. The number of nitrogens with one attached hydrogen (secondary N) is 2. The topological polar surface area (TPSA) is 45.7 Å². The lowest BCUT2D eigenvalue weighted by Gasteiger charge is -2.05. The van der Waals surface area contributed by atoms with Gasteiger partial charge in [-0.25, -0.2) is 9.83 Å². The minimum atomic E-state index is -0.227. The average molecular weight is 281 g/mol. The van der Waals surface area contributed by atoms with Gasteiger partial charge in [-0.05, 0) is 5.56 Å². The van der Waals surface area contributed by atoms with Gasteiger partial charge in [-0.2, -0.15) is 0 Å². The van der Waals surface area contributed by atoms with E-state index in [0.29, 0.717) is 0 Å². The number of aliphatic imine (C=N–C) groups is 1.